The molecule has 0 bridgehead atoms. The number of nitrogens with one attached hydrogen (secondary N) is 1. The quantitative estimate of drug-likeness (QED) is 0.515. The maximum absolute atomic E-state index is 12.9. The van der Waals surface area contributed by atoms with Gasteiger partial charge in [-0.1, -0.05) is 60.7 Å². The fraction of sp³-hybridized carbons (Fsp3) is 0. The minimum atomic E-state index is -4.93. The fourth-order valence-corrected chi connectivity index (χ4v) is 5.15. The summed E-state index contributed by atoms with van der Waals surface area (Å²) < 4.78 is 63.6. The first kappa shape index (κ1) is 18.4. The summed E-state index contributed by atoms with van der Waals surface area (Å²) in [5, 5.41) is 2.28. The second kappa shape index (κ2) is 6.59. The van der Waals surface area contributed by atoms with E-state index in [2.05, 4.69) is 4.72 Å². The van der Waals surface area contributed by atoms with Crippen LogP contribution in [-0.2, 0) is 20.1 Å². The molecule has 4 aromatic rings. The molecule has 0 atom stereocenters. The highest BCUT2D eigenvalue weighted by atomic mass is 32.2. The van der Waals surface area contributed by atoms with E-state index in [1.807, 2.05) is 12.1 Å². The lowest BCUT2D eigenvalue weighted by molar-refractivity contribution is 0.464. The average Bonchev–Trinajstić information content (AvgIpc) is 2.66. The second-order valence-electron chi connectivity index (χ2n) is 6.23. The Labute approximate surface area is 162 Å². The Hall–Kier alpha value is -2.94. The van der Waals surface area contributed by atoms with Crippen molar-refractivity contribution in [3.05, 3.63) is 78.9 Å². The van der Waals surface area contributed by atoms with Gasteiger partial charge in [0.05, 0.1) is 15.5 Å². The van der Waals surface area contributed by atoms with Gasteiger partial charge in [-0.2, -0.15) is 0 Å². The number of fused-ring (bicyclic) bond motifs is 2. The Bertz CT molecular complexity index is 1430. The first-order chi connectivity index (χ1) is 13.3. The fourth-order valence-electron chi connectivity index (χ4n) is 3.13. The molecule has 8 heteroatoms. The van der Waals surface area contributed by atoms with Crippen molar-refractivity contribution in [2.24, 2.45) is 0 Å². The smallest absolute Gasteiger partial charge is 0.261 e. The summed E-state index contributed by atoms with van der Waals surface area (Å²) in [6, 6.07) is 21.1. The van der Waals surface area contributed by atoms with Crippen LogP contribution < -0.4 is 4.72 Å². The first-order valence-corrected chi connectivity index (χ1v) is 11.1. The Balaban J connectivity index is 1.86. The van der Waals surface area contributed by atoms with Crippen molar-refractivity contribution in [1.29, 1.82) is 0 Å². The molecule has 0 saturated heterocycles. The van der Waals surface area contributed by atoms with Gasteiger partial charge >= 0.3 is 0 Å². The van der Waals surface area contributed by atoms with E-state index in [0.717, 1.165) is 10.8 Å². The molecule has 0 aliphatic rings. The second-order valence-corrected chi connectivity index (χ2v) is 9.23. The number of rotatable bonds is 4. The molecule has 0 spiro atoms. The first-order valence-electron chi connectivity index (χ1n) is 8.25. The van der Waals surface area contributed by atoms with Crippen LogP contribution in [0.3, 0.4) is 0 Å². The lowest BCUT2D eigenvalue weighted by Gasteiger charge is -2.17. The molecule has 0 amide bonds. The van der Waals surface area contributed by atoms with E-state index in [1.165, 1.54) is 24.3 Å². The number of benzene rings is 4. The van der Waals surface area contributed by atoms with Gasteiger partial charge in [0.1, 0.15) is 10.1 Å². The molecule has 0 fully saturated rings. The van der Waals surface area contributed by atoms with Crippen molar-refractivity contribution in [3.8, 4) is 0 Å². The summed E-state index contributed by atoms with van der Waals surface area (Å²) in [4.78, 5) is -0.622. The van der Waals surface area contributed by atoms with Gasteiger partial charge in [-0.25, -0.2) is 16.8 Å². The molecule has 0 unspecified atom stereocenters. The van der Waals surface area contributed by atoms with E-state index in [-0.39, 0.29) is 16.0 Å². The molecule has 0 aliphatic heterocycles. The Kier molecular flexibility index (Phi) is 4.34. The predicted molar refractivity (Wildman–Crippen MR) is 107 cm³/mol. The molecule has 0 saturated carbocycles. The molecule has 142 valence electrons. The van der Waals surface area contributed by atoms with E-state index in [9.17, 15) is 21.4 Å². The molecule has 0 radical (unpaired) electrons. The highest BCUT2D eigenvalue weighted by molar-refractivity contribution is 7.93. The third kappa shape index (κ3) is 3.33. The van der Waals surface area contributed by atoms with Crippen LogP contribution in [0.15, 0.2) is 88.7 Å². The predicted octanol–water partition coefficient (Wildman–Crippen LogP) is 3.70. The largest absolute Gasteiger partial charge is 0.744 e. The summed E-state index contributed by atoms with van der Waals surface area (Å²) in [6.45, 7) is 0. The summed E-state index contributed by atoms with van der Waals surface area (Å²) in [6.07, 6.45) is 0. The molecule has 28 heavy (non-hydrogen) atoms. The summed E-state index contributed by atoms with van der Waals surface area (Å²) in [5.41, 5.74) is -0.276. The van der Waals surface area contributed by atoms with Gasteiger partial charge in [-0.3, -0.25) is 4.72 Å². The molecule has 4 rings (SSSR count). The SMILES string of the molecule is O=S(=O)([O-])c1c(NS(=O)(=O)c2ccc3ccccc3c2)ccc2ccccc12. The van der Waals surface area contributed by atoms with Gasteiger partial charge in [-0.05, 0) is 34.4 Å². The van der Waals surface area contributed by atoms with Crippen LogP contribution in [0.2, 0.25) is 0 Å². The summed E-state index contributed by atoms with van der Waals surface area (Å²) >= 11 is 0. The van der Waals surface area contributed by atoms with Crippen LogP contribution in [0.5, 0.6) is 0 Å². The van der Waals surface area contributed by atoms with Gasteiger partial charge in [-0.15, -0.1) is 0 Å². The zero-order valence-corrected chi connectivity index (χ0v) is 16.0. The zero-order chi connectivity index (χ0) is 19.9. The third-order valence-corrected chi connectivity index (χ3v) is 6.71. The topological polar surface area (TPSA) is 103 Å². The van der Waals surface area contributed by atoms with Crippen LogP contribution in [0.1, 0.15) is 0 Å². The van der Waals surface area contributed by atoms with Gasteiger partial charge in [0.25, 0.3) is 10.0 Å². The van der Waals surface area contributed by atoms with Crippen LogP contribution in [0.25, 0.3) is 21.5 Å². The molecule has 0 aliphatic carbocycles. The van der Waals surface area contributed by atoms with Crippen molar-refractivity contribution < 1.29 is 21.4 Å². The van der Waals surface area contributed by atoms with Gasteiger partial charge in [0.15, 0.2) is 0 Å². The summed E-state index contributed by atoms with van der Waals surface area (Å²) in [5.74, 6) is 0. The molecule has 4 aromatic carbocycles. The number of anilines is 1. The van der Waals surface area contributed by atoms with E-state index in [1.54, 1.807) is 42.5 Å². The monoisotopic (exact) mass is 412 g/mol. The lowest BCUT2D eigenvalue weighted by atomic mass is 10.1. The Morgan fingerprint density at radius 2 is 1.29 bits per heavy atom. The van der Waals surface area contributed by atoms with E-state index >= 15 is 0 Å². The van der Waals surface area contributed by atoms with Crippen LogP contribution in [0, 0.1) is 0 Å². The van der Waals surface area contributed by atoms with Gasteiger partial charge < -0.3 is 4.55 Å². The highest BCUT2D eigenvalue weighted by Gasteiger charge is 2.20. The minimum Gasteiger partial charge on any atom is -0.744 e. The van der Waals surface area contributed by atoms with Crippen molar-refractivity contribution in [2.75, 3.05) is 4.72 Å². The molecule has 0 heterocycles. The molecule has 1 N–H and O–H groups in total. The van der Waals surface area contributed by atoms with Crippen LogP contribution >= 0.6 is 0 Å². The van der Waals surface area contributed by atoms with Crippen LogP contribution in [-0.4, -0.2) is 21.4 Å². The van der Waals surface area contributed by atoms with Crippen molar-refractivity contribution in [3.63, 3.8) is 0 Å². The minimum absolute atomic E-state index is 0.0337. The molecule has 0 aromatic heterocycles. The Morgan fingerprint density at radius 3 is 2.00 bits per heavy atom. The number of hydrogen-bond donors (Lipinski definition) is 1. The van der Waals surface area contributed by atoms with Crippen LogP contribution in [0.4, 0.5) is 5.69 Å². The maximum Gasteiger partial charge on any atom is 0.261 e. The van der Waals surface area contributed by atoms with Crippen molar-refractivity contribution in [1.82, 2.24) is 0 Å². The van der Waals surface area contributed by atoms with Gasteiger partial charge in [0, 0.05) is 5.39 Å². The molecular weight excluding hydrogens is 398 g/mol. The molecular formula is C20H14NO5S2-. The number of hydrogen-bond acceptors (Lipinski definition) is 5. The van der Waals surface area contributed by atoms with Crippen molar-refractivity contribution in [2.45, 2.75) is 9.79 Å². The zero-order valence-electron chi connectivity index (χ0n) is 14.4. The maximum atomic E-state index is 12.9. The highest BCUT2D eigenvalue weighted by Crippen LogP contribution is 2.32. The Morgan fingerprint density at radius 1 is 0.679 bits per heavy atom. The number of sulfonamides is 1. The normalized spacial score (nSPS) is 12.3. The third-order valence-electron chi connectivity index (χ3n) is 4.41. The summed E-state index contributed by atoms with van der Waals surface area (Å²) in [7, 11) is -9.04. The average molecular weight is 412 g/mol. The lowest BCUT2D eigenvalue weighted by Crippen LogP contribution is -2.15. The standard InChI is InChI=1S/C20H15NO5S2/c22-27(23,17-11-9-14-5-1-2-7-16(14)13-17)21-19-12-10-15-6-3-4-8-18(15)20(19)28(24,25)26/h1-13,21H,(H,24,25,26)/p-1. The van der Waals surface area contributed by atoms with E-state index in [4.69, 9.17) is 0 Å². The van der Waals surface area contributed by atoms with E-state index in [0.29, 0.717) is 5.39 Å². The van der Waals surface area contributed by atoms with E-state index < -0.39 is 25.0 Å². The van der Waals surface area contributed by atoms with Crippen molar-refractivity contribution >= 4 is 47.4 Å². The molecule has 6 nitrogen and oxygen atoms in total. The van der Waals surface area contributed by atoms with Gasteiger partial charge in [0.2, 0.25) is 0 Å².